The van der Waals surface area contributed by atoms with E-state index in [0.717, 1.165) is 39.1 Å². The Kier molecular flexibility index (Phi) is 8.53. The Morgan fingerprint density at radius 2 is 1.89 bits per heavy atom. The van der Waals surface area contributed by atoms with Gasteiger partial charge in [-0.2, -0.15) is 0 Å². The fourth-order valence-electron chi connectivity index (χ4n) is 4.56. The SMILES string of the molecule is COCCOc1ccc2c(c1)CC=C2C(C[N+](=O)[O-])c1cccc(NC(=O)OCc2ccccc2)c1C. The van der Waals surface area contributed by atoms with Crippen LogP contribution in [-0.2, 0) is 22.5 Å². The average Bonchev–Trinajstić information content (AvgIpc) is 3.31. The largest absolute Gasteiger partial charge is 0.491 e. The molecular formula is C29H30N2O6. The van der Waals surface area contributed by atoms with Gasteiger partial charge in [0.2, 0.25) is 6.54 Å². The van der Waals surface area contributed by atoms with Crippen molar-refractivity contribution in [1.29, 1.82) is 0 Å². The Morgan fingerprint density at radius 3 is 2.65 bits per heavy atom. The van der Waals surface area contributed by atoms with E-state index in [1.165, 1.54) is 0 Å². The van der Waals surface area contributed by atoms with E-state index in [-0.39, 0.29) is 18.1 Å². The van der Waals surface area contributed by atoms with Crippen LogP contribution in [-0.4, -0.2) is 37.9 Å². The molecule has 3 aromatic carbocycles. The van der Waals surface area contributed by atoms with E-state index < -0.39 is 12.0 Å². The second-order valence-corrected chi connectivity index (χ2v) is 8.80. The third-order valence-electron chi connectivity index (χ3n) is 6.39. The Labute approximate surface area is 216 Å². The van der Waals surface area contributed by atoms with Crippen LogP contribution in [0.15, 0.2) is 72.8 Å². The molecule has 0 aliphatic heterocycles. The van der Waals surface area contributed by atoms with Crippen molar-refractivity contribution in [1.82, 2.24) is 0 Å². The molecule has 1 amide bonds. The molecule has 0 saturated carbocycles. The van der Waals surface area contributed by atoms with Gasteiger partial charge in [0.25, 0.3) is 0 Å². The number of amides is 1. The van der Waals surface area contributed by atoms with E-state index in [4.69, 9.17) is 14.2 Å². The standard InChI is InChI=1S/C29H30N2O6/c1-20-24(9-6-10-28(20)30-29(32)37-19-21-7-4-3-5-8-21)27(18-31(33)34)26-13-11-22-17-23(12-14-25(22)26)36-16-15-35-2/h3-10,12-14,17,27H,11,15-16,18-19H2,1-2H3,(H,30,32). The van der Waals surface area contributed by atoms with Crippen molar-refractivity contribution in [2.45, 2.75) is 25.9 Å². The molecular weight excluding hydrogens is 472 g/mol. The number of methoxy groups -OCH3 is 1. The van der Waals surface area contributed by atoms with Crippen LogP contribution in [0.5, 0.6) is 5.75 Å². The molecule has 3 aromatic rings. The predicted molar refractivity (Wildman–Crippen MR) is 142 cm³/mol. The summed E-state index contributed by atoms with van der Waals surface area (Å²) >= 11 is 0. The zero-order valence-corrected chi connectivity index (χ0v) is 20.9. The molecule has 1 unspecified atom stereocenters. The summed E-state index contributed by atoms with van der Waals surface area (Å²) in [6.07, 6.45) is 2.13. The number of rotatable bonds is 11. The third-order valence-corrected chi connectivity index (χ3v) is 6.39. The number of benzene rings is 3. The fraction of sp³-hybridized carbons (Fsp3) is 0.276. The molecule has 0 radical (unpaired) electrons. The smallest absolute Gasteiger partial charge is 0.411 e. The molecule has 8 nitrogen and oxygen atoms in total. The minimum absolute atomic E-state index is 0.149. The number of hydrogen-bond acceptors (Lipinski definition) is 6. The highest BCUT2D eigenvalue weighted by Crippen LogP contribution is 2.41. The molecule has 0 heterocycles. The molecule has 1 atom stereocenters. The monoisotopic (exact) mass is 502 g/mol. The number of nitrogens with zero attached hydrogens (tertiary/aromatic N) is 1. The Bertz CT molecular complexity index is 1290. The van der Waals surface area contributed by atoms with Crippen molar-refractivity contribution in [3.05, 3.63) is 111 Å². The van der Waals surface area contributed by atoms with Crippen LogP contribution in [0.4, 0.5) is 10.5 Å². The van der Waals surface area contributed by atoms with Crippen molar-refractivity contribution < 1.29 is 23.9 Å². The van der Waals surface area contributed by atoms with Crippen molar-refractivity contribution >= 4 is 17.4 Å². The Hall–Kier alpha value is -4.17. The van der Waals surface area contributed by atoms with Crippen LogP contribution in [0.1, 0.15) is 33.7 Å². The number of carbonyl (C=O) groups is 1. The highest BCUT2D eigenvalue weighted by atomic mass is 16.6. The first-order chi connectivity index (χ1) is 18.0. The van der Waals surface area contributed by atoms with Gasteiger partial charge in [-0.15, -0.1) is 0 Å². The summed E-state index contributed by atoms with van der Waals surface area (Å²) in [7, 11) is 1.62. The van der Waals surface area contributed by atoms with Gasteiger partial charge in [-0.05, 0) is 64.9 Å². The van der Waals surface area contributed by atoms with Gasteiger partial charge in [0.15, 0.2) is 0 Å². The number of nitro groups is 1. The van der Waals surface area contributed by atoms with Crippen molar-refractivity contribution in [3.63, 3.8) is 0 Å². The number of carbonyl (C=O) groups excluding carboxylic acids is 1. The lowest BCUT2D eigenvalue weighted by molar-refractivity contribution is -0.481. The van der Waals surface area contributed by atoms with Crippen LogP contribution in [0.3, 0.4) is 0 Å². The maximum absolute atomic E-state index is 12.5. The first-order valence-corrected chi connectivity index (χ1v) is 12.1. The van der Waals surface area contributed by atoms with Crippen molar-refractivity contribution in [2.24, 2.45) is 0 Å². The van der Waals surface area contributed by atoms with Gasteiger partial charge in [0, 0.05) is 17.7 Å². The van der Waals surface area contributed by atoms with Gasteiger partial charge in [0.1, 0.15) is 19.0 Å². The zero-order valence-electron chi connectivity index (χ0n) is 20.9. The number of hydrogen-bond donors (Lipinski definition) is 1. The second-order valence-electron chi connectivity index (χ2n) is 8.80. The van der Waals surface area contributed by atoms with Gasteiger partial charge in [0.05, 0.1) is 12.5 Å². The van der Waals surface area contributed by atoms with E-state index in [9.17, 15) is 14.9 Å². The zero-order chi connectivity index (χ0) is 26.2. The highest BCUT2D eigenvalue weighted by Gasteiger charge is 2.29. The number of ether oxygens (including phenoxy) is 3. The van der Waals surface area contributed by atoms with Crippen LogP contribution in [0, 0.1) is 17.0 Å². The predicted octanol–water partition coefficient (Wildman–Crippen LogP) is 5.77. The highest BCUT2D eigenvalue weighted by molar-refractivity contribution is 5.86. The van der Waals surface area contributed by atoms with E-state index >= 15 is 0 Å². The van der Waals surface area contributed by atoms with Crippen LogP contribution in [0.2, 0.25) is 0 Å². The molecule has 4 rings (SSSR count). The summed E-state index contributed by atoms with van der Waals surface area (Å²) < 4.78 is 16.1. The van der Waals surface area contributed by atoms with E-state index in [0.29, 0.717) is 25.3 Å². The molecule has 0 aromatic heterocycles. The van der Waals surface area contributed by atoms with Gasteiger partial charge in [-0.1, -0.05) is 54.6 Å². The molecule has 0 saturated heterocycles. The Morgan fingerprint density at radius 1 is 1.08 bits per heavy atom. The van der Waals surface area contributed by atoms with E-state index in [2.05, 4.69) is 5.32 Å². The van der Waals surface area contributed by atoms with E-state index in [1.54, 1.807) is 19.2 Å². The van der Waals surface area contributed by atoms with Gasteiger partial charge >= 0.3 is 6.09 Å². The lowest BCUT2D eigenvalue weighted by atomic mass is 9.85. The normalized spacial score (nSPS) is 12.9. The maximum Gasteiger partial charge on any atom is 0.411 e. The van der Waals surface area contributed by atoms with Gasteiger partial charge < -0.3 is 14.2 Å². The summed E-state index contributed by atoms with van der Waals surface area (Å²) in [4.78, 5) is 23.9. The van der Waals surface area contributed by atoms with Crippen molar-refractivity contribution in [3.8, 4) is 5.75 Å². The molecule has 1 N–H and O–H groups in total. The lowest BCUT2D eigenvalue weighted by Crippen LogP contribution is -2.18. The number of nitrogens with one attached hydrogen (secondary N) is 1. The fourth-order valence-corrected chi connectivity index (χ4v) is 4.56. The molecule has 37 heavy (non-hydrogen) atoms. The molecule has 0 bridgehead atoms. The summed E-state index contributed by atoms with van der Waals surface area (Å²) in [5, 5.41) is 14.5. The van der Waals surface area contributed by atoms with Crippen LogP contribution >= 0.6 is 0 Å². The second kappa shape index (κ2) is 12.2. The lowest BCUT2D eigenvalue weighted by Gasteiger charge is -2.21. The van der Waals surface area contributed by atoms with Gasteiger partial charge in [-0.3, -0.25) is 15.4 Å². The van der Waals surface area contributed by atoms with E-state index in [1.807, 2.05) is 67.6 Å². The Balaban J connectivity index is 1.54. The summed E-state index contributed by atoms with van der Waals surface area (Å²) in [5.74, 6) is 0.270. The summed E-state index contributed by atoms with van der Waals surface area (Å²) in [5.41, 5.74) is 5.94. The molecule has 0 fully saturated rings. The molecule has 0 spiro atoms. The maximum atomic E-state index is 12.5. The molecule has 8 heteroatoms. The number of fused-ring (bicyclic) bond motifs is 1. The molecule has 1 aliphatic rings. The first kappa shape index (κ1) is 25.9. The third kappa shape index (κ3) is 6.54. The average molecular weight is 503 g/mol. The number of allylic oxidation sites excluding steroid dienone is 1. The van der Waals surface area contributed by atoms with Crippen molar-refractivity contribution in [2.75, 3.05) is 32.2 Å². The summed E-state index contributed by atoms with van der Waals surface area (Å²) in [6.45, 7) is 2.69. The molecule has 1 aliphatic carbocycles. The molecule has 192 valence electrons. The quantitative estimate of drug-likeness (QED) is 0.203. The summed E-state index contributed by atoms with van der Waals surface area (Å²) in [6, 6.07) is 20.7. The topological polar surface area (TPSA) is 99.9 Å². The minimum Gasteiger partial charge on any atom is -0.491 e. The number of anilines is 1. The van der Waals surface area contributed by atoms with Crippen LogP contribution in [0.25, 0.3) is 5.57 Å². The van der Waals surface area contributed by atoms with Gasteiger partial charge in [-0.25, -0.2) is 4.79 Å². The van der Waals surface area contributed by atoms with Crippen LogP contribution < -0.4 is 10.1 Å². The minimum atomic E-state index is -0.582. The first-order valence-electron chi connectivity index (χ1n) is 12.1.